The van der Waals surface area contributed by atoms with Gasteiger partial charge < -0.3 is 9.84 Å². The lowest BCUT2D eigenvalue weighted by molar-refractivity contribution is -0.145. The fourth-order valence-electron chi connectivity index (χ4n) is 1.34. The third-order valence-corrected chi connectivity index (χ3v) is 2.23. The molecule has 2 atom stereocenters. The number of nitrogens with zero attached hydrogens (tertiary/aromatic N) is 1. The van der Waals surface area contributed by atoms with E-state index in [1.807, 2.05) is 0 Å². The van der Waals surface area contributed by atoms with Gasteiger partial charge in [-0.2, -0.15) is 0 Å². The Morgan fingerprint density at radius 3 is 2.12 bits per heavy atom. The topological polar surface area (TPSA) is 134 Å². The van der Waals surface area contributed by atoms with Crippen molar-refractivity contribution >= 4 is 5.97 Å². The van der Waals surface area contributed by atoms with Gasteiger partial charge in [-0.15, -0.1) is 0 Å². The average Bonchev–Trinajstić information content (AvgIpc) is 2.21. The number of carboxylic acids is 1. The number of H-pyrrole nitrogens is 2. The van der Waals surface area contributed by atoms with Crippen molar-refractivity contribution in [2.45, 2.75) is 19.1 Å². The molecule has 1 aromatic rings. The van der Waals surface area contributed by atoms with Gasteiger partial charge in [-0.05, 0) is 6.92 Å². The molecular formula is C8H11N3O6. The Labute approximate surface area is 93.7 Å². The van der Waals surface area contributed by atoms with Crippen LogP contribution in [0, 0.1) is 0 Å². The Morgan fingerprint density at radius 1 is 1.29 bits per heavy atom. The van der Waals surface area contributed by atoms with E-state index >= 15 is 0 Å². The van der Waals surface area contributed by atoms with Crippen molar-refractivity contribution < 1.29 is 14.6 Å². The van der Waals surface area contributed by atoms with Crippen molar-refractivity contribution in [2.24, 2.45) is 0 Å². The first-order chi connectivity index (χ1) is 7.88. The molecule has 0 amide bonds. The Kier molecular flexibility index (Phi) is 3.63. The van der Waals surface area contributed by atoms with Crippen LogP contribution >= 0.6 is 0 Å². The van der Waals surface area contributed by atoms with Crippen LogP contribution in [0.5, 0.6) is 0 Å². The highest BCUT2D eigenvalue weighted by atomic mass is 16.5. The number of carbonyl (C=O) groups is 1. The first kappa shape index (κ1) is 12.9. The Hall–Kier alpha value is -2.16. The third kappa shape index (κ3) is 2.50. The van der Waals surface area contributed by atoms with Crippen LogP contribution in [-0.2, 0) is 9.53 Å². The van der Waals surface area contributed by atoms with Crippen molar-refractivity contribution in [2.75, 3.05) is 7.11 Å². The molecule has 17 heavy (non-hydrogen) atoms. The van der Waals surface area contributed by atoms with E-state index in [0.717, 1.165) is 0 Å². The molecule has 0 spiro atoms. The number of nitrogens with one attached hydrogen (secondary N) is 2. The minimum Gasteiger partial charge on any atom is -0.480 e. The number of aliphatic carboxylic acids is 1. The van der Waals surface area contributed by atoms with Gasteiger partial charge in [0.05, 0.1) is 6.10 Å². The molecule has 0 aliphatic carbocycles. The number of hydrogen-bond acceptors (Lipinski definition) is 5. The molecule has 1 rings (SSSR count). The van der Waals surface area contributed by atoms with Gasteiger partial charge in [-0.25, -0.2) is 23.7 Å². The monoisotopic (exact) mass is 245 g/mol. The molecule has 2 unspecified atom stereocenters. The Morgan fingerprint density at radius 2 is 1.76 bits per heavy atom. The molecule has 1 aromatic heterocycles. The summed E-state index contributed by atoms with van der Waals surface area (Å²) < 4.78 is 5.17. The van der Waals surface area contributed by atoms with Gasteiger partial charge in [0.25, 0.3) is 0 Å². The first-order valence-corrected chi connectivity index (χ1v) is 4.59. The lowest BCUT2D eigenvalue weighted by Gasteiger charge is -2.19. The van der Waals surface area contributed by atoms with Crippen LogP contribution in [0.2, 0.25) is 0 Å². The summed E-state index contributed by atoms with van der Waals surface area (Å²) in [6.45, 7) is 1.38. The number of ether oxygens (including phenoxy) is 1. The molecule has 3 N–H and O–H groups in total. The molecule has 9 nitrogen and oxygen atoms in total. The minimum atomic E-state index is -1.52. The van der Waals surface area contributed by atoms with E-state index in [4.69, 9.17) is 9.84 Å². The summed E-state index contributed by atoms with van der Waals surface area (Å²) in [6.07, 6.45) is -0.919. The highest BCUT2D eigenvalue weighted by Gasteiger charge is 2.29. The molecular weight excluding hydrogens is 234 g/mol. The lowest BCUT2D eigenvalue weighted by atomic mass is 10.2. The predicted octanol–water partition coefficient (Wildman–Crippen LogP) is -2.11. The molecule has 0 aromatic carbocycles. The fourth-order valence-corrected chi connectivity index (χ4v) is 1.34. The summed E-state index contributed by atoms with van der Waals surface area (Å²) in [5.74, 6) is -1.42. The smallest absolute Gasteiger partial charge is 0.334 e. The van der Waals surface area contributed by atoms with Crippen LogP contribution in [0.4, 0.5) is 0 Å². The van der Waals surface area contributed by atoms with E-state index in [0.29, 0.717) is 4.57 Å². The Balaban J connectivity index is 3.50. The van der Waals surface area contributed by atoms with Crippen molar-refractivity contribution in [1.29, 1.82) is 0 Å². The number of rotatable bonds is 4. The van der Waals surface area contributed by atoms with Gasteiger partial charge in [0.2, 0.25) is 0 Å². The number of aromatic amines is 2. The van der Waals surface area contributed by atoms with Gasteiger partial charge in [-0.1, -0.05) is 0 Å². The van der Waals surface area contributed by atoms with Gasteiger partial charge in [-0.3, -0.25) is 9.97 Å². The zero-order valence-corrected chi connectivity index (χ0v) is 9.09. The summed E-state index contributed by atoms with van der Waals surface area (Å²) in [4.78, 5) is 48.1. The van der Waals surface area contributed by atoms with E-state index in [2.05, 4.69) is 0 Å². The number of methoxy groups -OCH3 is 1. The molecule has 1 heterocycles. The standard InChI is InChI=1S/C8H11N3O6/c1-3(17-2)4(5(12)13)11-7(15)9-6(14)10-8(11)16/h3-4H,1-2H3,(H,12,13)(H2,9,10,14,15,16). The summed E-state index contributed by atoms with van der Waals surface area (Å²) in [6, 6.07) is -1.52. The highest BCUT2D eigenvalue weighted by molar-refractivity contribution is 5.72. The lowest BCUT2D eigenvalue weighted by Crippen LogP contribution is -2.49. The fraction of sp³-hybridized carbons (Fsp3) is 0.500. The van der Waals surface area contributed by atoms with Crippen molar-refractivity contribution in [3.8, 4) is 0 Å². The summed E-state index contributed by atoms with van der Waals surface area (Å²) in [7, 11) is 1.24. The number of hydrogen-bond donors (Lipinski definition) is 3. The molecule has 0 saturated heterocycles. The number of carboxylic acid groups (broad SMARTS) is 1. The van der Waals surface area contributed by atoms with E-state index in [1.54, 1.807) is 9.97 Å². The first-order valence-electron chi connectivity index (χ1n) is 4.59. The summed E-state index contributed by atoms with van der Waals surface area (Å²) >= 11 is 0. The largest absolute Gasteiger partial charge is 0.480 e. The van der Waals surface area contributed by atoms with Gasteiger partial charge in [0, 0.05) is 7.11 Å². The van der Waals surface area contributed by atoms with Gasteiger partial charge >= 0.3 is 23.0 Å². The summed E-state index contributed by atoms with van der Waals surface area (Å²) in [5.41, 5.74) is -3.20. The molecule has 0 bridgehead atoms. The summed E-state index contributed by atoms with van der Waals surface area (Å²) in [5, 5.41) is 8.96. The van der Waals surface area contributed by atoms with Crippen molar-refractivity contribution in [1.82, 2.24) is 14.5 Å². The average molecular weight is 245 g/mol. The van der Waals surface area contributed by atoms with Crippen LogP contribution in [0.25, 0.3) is 0 Å². The van der Waals surface area contributed by atoms with Crippen LogP contribution in [-0.4, -0.2) is 38.8 Å². The number of aromatic nitrogens is 3. The van der Waals surface area contributed by atoms with E-state index in [1.165, 1.54) is 14.0 Å². The molecule has 0 radical (unpaired) electrons. The van der Waals surface area contributed by atoms with Crippen LogP contribution in [0.15, 0.2) is 14.4 Å². The second-order valence-corrected chi connectivity index (χ2v) is 3.28. The maximum Gasteiger partial charge on any atom is 0.334 e. The molecule has 0 fully saturated rings. The van der Waals surface area contributed by atoms with E-state index < -0.39 is 35.2 Å². The normalized spacial score (nSPS) is 14.2. The second kappa shape index (κ2) is 4.78. The molecule has 94 valence electrons. The van der Waals surface area contributed by atoms with Crippen LogP contribution in [0.1, 0.15) is 13.0 Å². The van der Waals surface area contributed by atoms with Crippen LogP contribution < -0.4 is 17.1 Å². The molecule has 0 saturated carbocycles. The second-order valence-electron chi connectivity index (χ2n) is 3.28. The van der Waals surface area contributed by atoms with E-state index in [-0.39, 0.29) is 0 Å². The molecule has 9 heteroatoms. The maximum absolute atomic E-state index is 11.4. The molecule has 0 aliphatic rings. The minimum absolute atomic E-state index is 0.387. The highest BCUT2D eigenvalue weighted by Crippen LogP contribution is 2.09. The van der Waals surface area contributed by atoms with Crippen molar-refractivity contribution in [3.05, 3.63) is 31.5 Å². The molecule has 0 aliphatic heterocycles. The third-order valence-electron chi connectivity index (χ3n) is 2.23. The Bertz CT molecular complexity index is 548. The SMILES string of the molecule is COC(C)C(C(=O)O)n1c(=O)[nH]c(=O)[nH]c1=O. The van der Waals surface area contributed by atoms with Crippen molar-refractivity contribution in [3.63, 3.8) is 0 Å². The quantitative estimate of drug-likeness (QED) is 0.555. The predicted molar refractivity (Wildman–Crippen MR) is 55.1 cm³/mol. The zero-order valence-electron chi connectivity index (χ0n) is 9.09. The zero-order chi connectivity index (χ0) is 13.2. The van der Waals surface area contributed by atoms with Gasteiger partial charge in [0.15, 0.2) is 6.04 Å². The van der Waals surface area contributed by atoms with E-state index in [9.17, 15) is 19.2 Å². The maximum atomic E-state index is 11.4. The van der Waals surface area contributed by atoms with Gasteiger partial charge in [0.1, 0.15) is 0 Å². The van der Waals surface area contributed by atoms with Crippen LogP contribution in [0.3, 0.4) is 0 Å².